The SMILES string of the molecule is CC1CCC(c2cccc3c2cnn3C)N(C(=O)C(=O)OCC(F)(F)F)C1. The summed E-state index contributed by atoms with van der Waals surface area (Å²) < 4.78 is 42.7. The first kappa shape index (κ1) is 19.2. The van der Waals surface area contributed by atoms with E-state index in [1.807, 2.05) is 25.1 Å². The highest BCUT2D eigenvalue weighted by Gasteiger charge is 2.37. The number of alkyl halides is 3. The van der Waals surface area contributed by atoms with E-state index in [-0.39, 0.29) is 12.5 Å². The topological polar surface area (TPSA) is 64.4 Å². The Morgan fingerprint density at radius 1 is 1.30 bits per heavy atom. The summed E-state index contributed by atoms with van der Waals surface area (Å²) in [6.45, 7) is 0.438. The summed E-state index contributed by atoms with van der Waals surface area (Å²) in [5, 5.41) is 5.07. The van der Waals surface area contributed by atoms with Crippen LogP contribution in [-0.4, -0.2) is 45.9 Å². The molecule has 0 aliphatic carbocycles. The number of aromatic nitrogens is 2. The van der Waals surface area contributed by atoms with Crippen LogP contribution in [0.2, 0.25) is 0 Å². The highest BCUT2D eigenvalue weighted by molar-refractivity contribution is 6.32. The van der Waals surface area contributed by atoms with Crippen molar-refractivity contribution in [2.45, 2.75) is 32.0 Å². The zero-order valence-electron chi connectivity index (χ0n) is 15.0. The molecule has 2 atom stereocenters. The number of hydrogen-bond acceptors (Lipinski definition) is 4. The minimum Gasteiger partial charge on any atom is -0.449 e. The molecule has 2 aromatic rings. The van der Waals surface area contributed by atoms with Crippen LogP contribution in [0, 0.1) is 5.92 Å². The molecule has 0 bridgehead atoms. The number of carbonyl (C=O) groups is 2. The first-order valence-electron chi connectivity index (χ1n) is 8.62. The van der Waals surface area contributed by atoms with Gasteiger partial charge in [-0.1, -0.05) is 19.1 Å². The van der Waals surface area contributed by atoms with Crippen LogP contribution in [0.15, 0.2) is 24.4 Å². The number of nitrogens with zero attached hydrogens (tertiary/aromatic N) is 3. The highest BCUT2D eigenvalue weighted by atomic mass is 19.4. The quantitative estimate of drug-likeness (QED) is 0.591. The van der Waals surface area contributed by atoms with Gasteiger partial charge in [0.25, 0.3) is 0 Å². The van der Waals surface area contributed by atoms with Gasteiger partial charge in [0.15, 0.2) is 6.61 Å². The summed E-state index contributed by atoms with van der Waals surface area (Å²) in [6, 6.07) is 5.16. The van der Waals surface area contributed by atoms with Crippen molar-refractivity contribution >= 4 is 22.8 Å². The number of piperidine rings is 1. The van der Waals surface area contributed by atoms with Gasteiger partial charge in [-0.3, -0.25) is 9.48 Å². The summed E-state index contributed by atoms with van der Waals surface area (Å²) in [6.07, 6.45) is -1.55. The van der Waals surface area contributed by atoms with Crippen molar-refractivity contribution in [1.29, 1.82) is 0 Å². The lowest BCUT2D eigenvalue weighted by Crippen LogP contribution is -2.45. The lowest BCUT2D eigenvalue weighted by molar-refractivity contribution is -0.190. The molecule has 1 saturated heterocycles. The number of hydrogen-bond donors (Lipinski definition) is 0. The monoisotopic (exact) mass is 383 g/mol. The van der Waals surface area contributed by atoms with Gasteiger partial charge in [0.1, 0.15) is 0 Å². The smallest absolute Gasteiger partial charge is 0.422 e. The molecule has 0 spiro atoms. The van der Waals surface area contributed by atoms with Gasteiger partial charge < -0.3 is 9.64 Å². The van der Waals surface area contributed by atoms with E-state index in [2.05, 4.69) is 9.84 Å². The molecule has 2 unspecified atom stereocenters. The van der Waals surface area contributed by atoms with Crippen molar-refractivity contribution in [2.24, 2.45) is 13.0 Å². The second-order valence-corrected chi connectivity index (χ2v) is 6.90. The van der Waals surface area contributed by atoms with E-state index in [9.17, 15) is 22.8 Å². The number of amides is 1. The molecule has 0 N–H and O–H groups in total. The van der Waals surface area contributed by atoms with Crippen LogP contribution >= 0.6 is 0 Å². The second-order valence-electron chi connectivity index (χ2n) is 6.90. The molecule has 1 aliphatic heterocycles. The number of aryl methyl sites for hydroxylation is 1. The molecule has 3 rings (SSSR count). The van der Waals surface area contributed by atoms with Gasteiger partial charge in [-0.2, -0.15) is 18.3 Å². The van der Waals surface area contributed by atoms with Crippen LogP contribution < -0.4 is 0 Å². The number of carbonyl (C=O) groups excluding carboxylic acids is 2. The van der Waals surface area contributed by atoms with Gasteiger partial charge in [0.2, 0.25) is 0 Å². The molecule has 0 radical (unpaired) electrons. The first-order chi connectivity index (χ1) is 12.7. The van der Waals surface area contributed by atoms with Crippen molar-refractivity contribution in [2.75, 3.05) is 13.2 Å². The van der Waals surface area contributed by atoms with Crippen LogP contribution in [0.25, 0.3) is 10.9 Å². The van der Waals surface area contributed by atoms with E-state index in [1.165, 1.54) is 4.90 Å². The van der Waals surface area contributed by atoms with Crippen molar-refractivity contribution in [1.82, 2.24) is 14.7 Å². The van der Waals surface area contributed by atoms with Crippen molar-refractivity contribution in [3.63, 3.8) is 0 Å². The third-order valence-corrected chi connectivity index (χ3v) is 4.80. The zero-order chi connectivity index (χ0) is 19.8. The fourth-order valence-corrected chi connectivity index (χ4v) is 3.52. The predicted octanol–water partition coefficient (Wildman–Crippen LogP) is 2.98. The van der Waals surface area contributed by atoms with E-state index in [4.69, 9.17) is 0 Å². The Labute approximate surface area is 153 Å². The standard InChI is InChI=1S/C18H20F3N3O3/c1-11-6-7-15(12-4-3-5-14-13(12)8-22-23(14)2)24(9-11)16(25)17(26)27-10-18(19,20)21/h3-5,8,11,15H,6-7,9-10H2,1-2H3. The van der Waals surface area contributed by atoms with Crippen LogP contribution in [0.5, 0.6) is 0 Å². The summed E-state index contributed by atoms with van der Waals surface area (Å²) in [5.74, 6) is -2.39. The fourth-order valence-electron chi connectivity index (χ4n) is 3.52. The van der Waals surface area contributed by atoms with Gasteiger partial charge in [-0.25, -0.2) is 4.79 Å². The Hall–Kier alpha value is -2.58. The molecule has 1 amide bonds. The average Bonchev–Trinajstić information content (AvgIpc) is 3.00. The summed E-state index contributed by atoms with van der Waals surface area (Å²) in [7, 11) is 1.80. The van der Waals surface area contributed by atoms with E-state index in [1.54, 1.807) is 17.9 Å². The molecule has 146 valence electrons. The van der Waals surface area contributed by atoms with Gasteiger partial charge in [-0.05, 0) is 30.4 Å². The molecule has 1 aromatic carbocycles. The Morgan fingerprint density at radius 3 is 2.74 bits per heavy atom. The lowest BCUT2D eigenvalue weighted by Gasteiger charge is -2.38. The van der Waals surface area contributed by atoms with E-state index >= 15 is 0 Å². The Bertz CT molecular complexity index is 862. The number of halogens is 3. The minimum absolute atomic E-state index is 0.133. The number of ether oxygens (including phenoxy) is 1. The molecule has 1 fully saturated rings. The first-order valence-corrected chi connectivity index (χ1v) is 8.62. The molecule has 1 aromatic heterocycles. The van der Waals surface area contributed by atoms with E-state index < -0.39 is 30.7 Å². The van der Waals surface area contributed by atoms with Crippen molar-refractivity contribution in [3.05, 3.63) is 30.0 Å². The maximum atomic E-state index is 12.5. The molecular formula is C18H20F3N3O3. The summed E-state index contributed by atoms with van der Waals surface area (Å²) >= 11 is 0. The average molecular weight is 383 g/mol. The number of fused-ring (bicyclic) bond motifs is 1. The fraction of sp³-hybridized carbons (Fsp3) is 0.500. The van der Waals surface area contributed by atoms with E-state index in [0.717, 1.165) is 22.9 Å². The maximum absolute atomic E-state index is 12.5. The summed E-state index contributed by atoms with van der Waals surface area (Å²) in [4.78, 5) is 25.8. The Morgan fingerprint density at radius 2 is 2.04 bits per heavy atom. The normalized spacial score (nSPS) is 20.7. The van der Waals surface area contributed by atoms with E-state index in [0.29, 0.717) is 6.42 Å². The summed E-state index contributed by atoms with van der Waals surface area (Å²) in [5.41, 5.74) is 1.70. The highest BCUT2D eigenvalue weighted by Crippen LogP contribution is 2.36. The van der Waals surface area contributed by atoms with Crippen molar-refractivity contribution in [3.8, 4) is 0 Å². The zero-order valence-corrected chi connectivity index (χ0v) is 15.0. The third-order valence-electron chi connectivity index (χ3n) is 4.80. The second kappa shape index (κ2) is 7.21. The minimum atomic E-state index is -4.67. The largest absolute Gasteiger partial charge is 0.449 e. The number of rotatable bonds is 2. The number of likely N-dealkylation sites (tertiary alicyclic amines) is 1. The van der Waals surface area contributed by atoms with Gasteiger partial charge in [0.05, 0.1) is 17.8 Å². The third kappa shape index (κ3) is 4.06. The predicted molar refractivity (Wildman–Crippen MR) is 90.6 cm³/mol. The molecule has 9 heteroatoms. The maximum Gasteiger partial charge on any atom is 0.422 e. The van der Waals surface area contributed by atoms with Gasteiger partial charge in [0, 0.05) is 19.0 Å². The molecule has 27 heavy (non-hydrogen) atoms. The number of esters is 1. The van der Waals surface area contributed by atoms with Crippen LogP contribution in [-0.2, 0) is 21.4 Å². The Balaban J connectivity index is 1.89. The van der Waals surface area contributed by atoms with Crippen LogP contribution in [0.1, 0.15) is 31.4 Å². The lowest BCUT2D eigenvalue weighted by atomic mass is 9.88. The molecule has 6 nitrogen and oxygen atoms in total. The van der Waals surface area contributed by atoms with Gasteiger partial charge >= 0.3 is 18.1 Å². The van der Waals surface area contributed by atoms with Gasteiger partial charge in [-0.15, -0.1) is 0 Å². The van der Waals surface area contributed by atoms with Crippen LogP contribution in [0.4, 0.5) is 13.2 Å². The molecular weight excluding hydrogens is 363 g/mol. The van der Waals surface area contributed by atoms with Crippen LogP contribution in [0.3, 0.4) is 0 Å². The molecule has 1 aliphatic rings. The number of benzene rings is 1. The molecule has 0 saturated carbocycles. The Kier molecular flexibility index (Phi) is 5.12. The molecule has 2 heterocycles. The van der Waals surface area contributed by atoms with Crippen molar-refractivity contribution < 1.29 is 27.5 Å².